The summed E-state index contributed by atoms with van der Waals surface area (Å²) in [7, 11) is 6.60. The summed E-state index contributed by atoms with van der Waals surface area (Å²) in [4.78, 5) is 14.6. The summed E-state index contributed by atoms with van der Waals surface area (Å²) in [6, 6.07) is 3.26. The zero-order chi connectivity index (χ0) is 16.8. The highest BCUT2D eigenvalue weighted by Gasteiger charge is 2.20. The van der Waals surface area contributed by atoms with E-state index in [1.54, 1.807) is 12.1 Å². The third-order valence-corrected chi connectivity index (χ3v) is 3.76. The number of amides is 1. The molecule has 0 aliphatic carbocycles. The lowest BCUT2D eigenvalue weighted by Gasteiger charge is -2.30. The second kappa shape index (κ2) is 8.03. The van der Waals surface area contributed by atoms with Gasteiger partial charge in [0.25, 0.3) is 5.91 Å². The van der Waals surface area contributed by atoms with Crippen LogP contribution in [0.15, 0.2) is 12.1 Å². The normalized spacial score (nSPS) is 18.3. The average molecular weight is 324 g/mol. The fourth-order valence-corrected chi connectivity index (χ4v) is 2.51. The van der Waals surface area contributed by atoms with Crippen LogP contribution in [0, 0.1) is 0 Å². The molecule has 1 amide bonds. The van der Waals surface area contributed by atoms with Crippen LogP contribution in [0.1, 0.15) is 10.4 Å². The molecule has 1 aliphatic heterocycles. The Kier molecular flexibility index (Phi) is 6.06. The third kappa shape index (κ3) is 4.27. The predicted molar refractivity (Wildman–Crippen MR) is 85.7 cm³/mol. The van der Waals surface area contributed by atoms with E-state index in [9.17, 15) is 4.79 Å². The van der Waals surface area contributed by atoms with Crippen LogP contribution in [0.5, 0.6) is 17.2 Å². The molecule has 1 saturated heterocycles. The molecule has 1 aromatic rings. The topological polar surface area (TPSA) is 69.3 Å². The van der Waals surface area contributed by atoms with Crippen LogP contribution in [-0.4, -0.2) is 71.5 Å². The first-order valence-corrected chi connectivity index (χ1v) is 7.47. The van der Waals surface area contributed by atoms with Gasteiger partial charge in [-0.05, 0) is 19.2 Å². The minimum absolute atomic E-state index is 0.000241. The van der Waals surface area contributed by atoms with Crippen molar-refractivity contribution in [3.8, 4) is 17.2 Å². The van der Waals surface area contributed by atoms with Crippen molar-refractivity contribution < 1.29 is 23.7 Å². The molecule has 1 aromatic carbocycles. The molecule has 7 heteroatoms. The standard InChI is InChI=1S/C16H24N2O5/c1-18-5-6-23-12(10-18)9-17-16(19)11-7-13(20-2)15(22-4)14(8-11)21-3/h7-8,12H,5-6,9-10H2,1-4H3,(H,17,19). The van der Waals surface area contributed by atoms with Gasteiger partial charge in [0.05, 0.1) is 34.0 Å². The molecule has 1 atom stereocenters. The minimum atomic E-state index is -0.207. The molecule has 1 fully saturated rings. The number of hydrogen-bond donors (Lipinski definition) is 1. The van der Waals surface area contributed by atoms with Crippen molar-refractivity contribution in [3.05, 3.63) is 17.7 Å². The smallest absolute Gasteiger partial charge is 0.251 e. The summed E-state index contributed by atoms with van der Waals surface area (Å²) in [5, 5.41) is 2.89. The van der Waals surface area contributed by atoms with Crippen molar-refractivity contribution in [1.82, 2.24) is 10.2 Å². The van der Waals surface area contributed by atoms with Crippen molar-refractivity contribution in [1.29, 1.82) is 0 Å². The number of hydrogen-bond acceptors (Lipinski definition) is 6. The van der Waals surface area contributed by atoms with Gasteiger partial charge in [0, 0.05) is 25.2 Å². The van der Waals surface area contributed by atoms with Gasteiger partial charge in [0.2, 0.25) is 5.75 Å². The largest absolute Gasteiger partial charge is 0.493 e. The second-order valence-corrected chi connectivity index (χ2v) is 5.38. The molecule has 0 aromatic heterocycles. The van der Waals surface area contributed by atoms with E-state index in [4.69, 9.17) is 18.9 Å². The molecule has 1 unspecified atom stereocenters. The minimum Gasteiger partial charge on any atom is -0.493 e. The zero-order valence-corrected chi connectivity index (χ0v) is 14.0. The molecule has 7 nitrogen and oxygen atoms in total. The van der Waals surface area contributed by atoms with Crippen LogP contribution in [0.4, 0.5) is 0 Å². The Bertz CT molecular complexity index is 524. The Hall–Kier alpha value is -1.99. The Morgan fingerprint density at radius 3 is 2.43 bits per heavy atom. The van der Waals surface area contributed by atoms with E-state index in [2.05, 4.69) is 10.2 Å². The Labute approximate surface area is 136 Å². The monoisotopic (exact) mass is 324 g/mol. The molecule has 0 bridgehead atoms. The van der Waals surface area contributed by atoms with Gasteiger partial charge < -0.3 is 29.2 Å². The molecule has 2 rings (SSSR count). The van der Waals surface area contributed by atoms with Crippen molar-refractivity contribution in [2.75, 3.05) is 54.6 Å². The van der Waals surface area contributed by atoms with E-state index >= 15 is 0 Å². The lowest BCUT2D eigenvalue weighted by Crippen LogP contribution is -2.45. The first-order valence-electron chi connectivity index (χ1n) is 7.47. The van der Waals surface area contributed by atoms with E-state index in [1.165, 1.54) is 21.3 Å². The first kappa shape index (κ1) is 17.4. The van der Waals surface area contributed by atoms with Crippen LogP contribution in [0.2, 0.25) is 0 Å². The molecule has 1 heterocycles. The average Bonchev–Trinajstić information content (AvgIpc) is 2.58. The molecule has 128 valence electrons. The maximum absolute atomic E-state index is 12.4. The number of benzene rings is 1. The van der Waals surface area contributed by atoms with Crippen LogP contribution < -0.4 is 19.5 Å². The summed E-state index contributed by atoms with van der Waals surface area (Å²) >= 11 is 0. The number of likely N-dealkylation sites (N-methyl/N-ethyl adjacent to an activating group) is 1. The van der Waals surface area contributed by atoms with Crippen molar-refractivity contribution in [2.24, 2.45) is 0 Å². The third-order valence-electron chi connectivity index (χ3n) is 3.76. The summed E-state index contributed by atoms with van der Waals surface area (Å²) in [6.45, 7) is 2.86. The lowest BCUT2D eigenvalue weighted by molar-refractivity contribution is -0.0175. The number of carbonyl (C=O) groups is 1. The van der Waals surface area contributed by atoms with Crippen LogP contribution in [0.3, 0.4) is 0 Å². The number of nitrogens with one attached hydrogen (secondary N) is 1. The molecule has 0 spiro atoms. The van der Waals surface area contributed by atoms with E-state index in [-0.39, 0.29) is 12.0 Å². The Morgan fingerprint density at radius 2 is 1.91 bits per heavy atom. The highest BCUT2D eigenvalue weighted by Crippen LogP contribution is 2.38. The number of ether oxygens (including phenoxy) is 4. The summed E-state index contributed by atoms with van der Waals surface area (Å²) in [5.41, 5.74) is 0.448. The van der Waals surface area contributed by atoms with Gasteiger partial charge in [-0.2, -0.15) is 0 Å². The maximum atomic E-state index is 12.4. The van der Waals surface area contributed by atoms with Gasteiger partial charge >= 0.3 is 0 Å². The number of morpholine rings is 1. The van der Waals surface area contributed by atoms with Gasteiger partial charge in [0.15, 0.2) is 11.5 Å². The number of rotatable bonds is 6. The molecular formula is C16H24N2O5. The fourth-order valence-electron chi connectivity index (χ4n) is 2.51. The van der Waals surface area contributed by atoms with E-state index in [1.807, 2.05) is 7.05 Å². The number of carbonyl (C=O) groups excluding carboxylic acids is 1. The van der Waals surface area contributed by atoms with Crippen molar-refractivity contribution in [3.63, 3.8) is 0 Å². The van der Waals surface area contributed by atoms with Crippen molar-refractivity contribution in [2.45, 2.75) is 6.10 Å². The number of methoxy groups -OCH3 is 3. The predicted octanol–water partition coefficient (Wildman–Crippen LogP) is 0.773. The zero-order valence-electron chi connectivity index (χ0n) is 14.0. The fraction of sp³-hybridized carbons (Fsp3) is 0.562. The van der Waals surface area contributed by atoms with E-state index in [0.717, 1.165) is 13.1 Å². The summed E-state index contributed by atoms with van der Waals surface area (Å²) < 4.78 is 21.4. The van der Waals surface area contributed by atoms with Gasteiger partial charge in [-0.1, -0.05) is 0 Å². The van der Waals surface area contributed by atoms with Gasteiger partial charge in [-0.15, -0.1) is 0 Å². The van der Waals surface area contributed by atoms with Crippen LogP contribution in [0.25, 0.3) is 0 Å². The summed E-state index contributed by atoms with van der Waals surface area (Å²) in [5.74, 6) is 1.15. The highest BCUT2D eigenvalue weighted by molar-refractivity contribution is 5.95. The van der Waals surface area contributed by atoms with Gasteiger partial charge in [-0.3, -0.25) is 4.79 Å². The summed E-state index contributed by atoms with van der Waals surface area (Å²) in [6.07, 6.45) is -0.000241. The lowest BCUT2D eigenvalue weighted by atomic mass is 10.1. The highest BCUT2D eigenvalue weighted by atomic mass is 16.5. The molecule has 0 radical (unpaired) electrons. The quantitative estimate of drug-likeness (QED) is 0.834. The molecular weight excluding hydrogens is 300 g/mol. The molecule has 1 N–H and O–H groups in total. The van der Waals surface area contributed by atoms with Crippen LogP contribution >= 0.6 is 0 Å². The van der Waals surface area contributed by atoms with E-state index in [0.29, 0.717) is 36.0 Å². The SMILES string of the molecule is COc1cc(C(=O)NCC2CN(C)CCO2)cc(OC)c1OC. The molecule has 0 saturated carbocycles. The molecule has 1 aliphatic rings. The molecule has 23 heavy (non-hydrogen) atoms. The Balaban J connectivity index is 2.06. The first-order chi connectivity index (χ1) is 11.1. The van der Waals surface area contributed by atoms with Gasteiger partial charge in [-0.25, -0.2) is 0 Å². The van der Waals surface area contributed by atoms with E-state index < -0.39 is 0 Å². The maximum Gasteiger partial charge on any atom is 0.251 e. The van der Waals surface area contributed by atoms with Crippen molar-refractivity contribution >= 4 is 5.91 Å². The Morgan fingerprint density at radius 1 is 1.26 bits per heavy atom. The second-order valence-electron chi connectivity index (χ2n) is 5.38. The van der Waals surface area contributed by atoms with Crippen LogP contribution in [-0.2, 0) is 4.74 Å². The van der Waals surface area contributed by atoms with Gasteiger partial charge in [0.1, 0.15) is 0 Å². The number of nitrogens with zero attached hydrogens (tertiary/aromatic N) is 1.